The smallest absolute Gasteiger partial charge is 0.317 e. The molecule has 1 heterocycles. The van der Waals surface area contributed by atoms with Gasteiger partial charge in [0.05, 0.1) is 0 Å². The van der Waals surface area contributed by atoms with E-state index in [4.69, 9.17) is 0 Å². The molecule has 0 aromatic rings. The predicted molar refractivity (Wildman–Crippen MR) is 69.9 cm³/mol. The molecule has 2 amide bonds. The number of amides is 2. The molecule has 2 aliphatic rings. The fraction of sp³-hybridized carbons (Fsp3) is 0.929. The molecule has 1 aliphatic carbocycles. The lowest BCUT2D eigenvalue weighted by molar-refractivity contribution is 0.181. The highest BCUT2D eigenvalue weighted by Gasteiger charge is 2.21. The van der Waals surface area contributed by atoms with Crippen LogP contribution < -0.4 is 5.32 Å². The van der Waals surface area contributed by atoms with Crippen LogP contribution in [0.2, 0.25) is 0 Å². The second kappa shape index (κ2) is 6.27. The molecular weight excluding hydrogens is 212 g/mol. The number of nitrogens with zero attached hydrogens (tertiary/aromatic N) is 1. The molecule has 0 spiro atoms. The van der Waals surface area contributed by atoms with Crippen molar-refractivity contribution in [3.8, 4) is 0 Å². The van der Waals surface area contributed by atoms with E-state index in [0.717, 1.165) is 25.6 Å². The third-order valence-corrected chi connectivity index (χ3v) is 4.23. The number of likely N-dealkylation sites (tertiary alicyclic amines) is 1. The van der Waals surface area contributed by atoms with Crippen molar-refractivity contribution in [2.45, 2.75) is 51.9 Å². The van der Waals surface area contributed by atoms with Crippen LogP contribution in [-0.2, 0) is 0 Å². The molecule has 3 heteroatoms. The van der Waals surface area contributed by atoms with Crippen LogP contribution in [0.15, 0.2) is 0 Å². The molecule has 0 aromatic carbocycles. The molecule has 2 fully saturated rings. The maximum absolute atomic E-state index is 11.9. The van der Waals surface area contributed by atoms with Crippen LogP contribution in [0.3, 0.4) is 0 Å². The van der Waals surface area contributed by atoms with E-state index in [1.54, 1.807) is 0 Å². The van der Waals surface area contributed by atoms with Crippen LogP contribution in [0.5, 0.6) is 0 Å². The van der Waals surface area contributed by atoms with E-state index < -0.39 is 0 Å². The number of carbonyl (C=O) groups is 1. The highest BCUT2D eigenvalue weighted by molar-refractivity contribution is 5.74. The molecule has 1 saturated heterocycles. The van der Waals surface area contributed by atoms with Gasteiger partial charge in [-0.3, -0.25) is 0 Å². The molecule has 0 radical (unpaired) electrons. The summed E-state index contributed by atoms with van der Waals surface area (Å²) >= 11 is 0. The SMILES string of the molecule is CC1CCCC(CNC(=O)N2CCCCC2)C1. The Balaban J connectivity index is 1.68. The number of hydrogen-bond donors (Lipinski definition) is 1. The highest BCUT2D eigenvalue weighted by atomic mass is 16.2. The average molecular weight is 238 g/mol. The summed E-state index contributed by atoms with van der Waals surface area (Å²) in [4.78, 5) is 13.9. The quantitative estimate of drug-likeness (QED) is 0.788. The van der Waals surface area contributed by atoms with Gasteiger partial charge in [0.15, 0.2) is 0 Å². The van der Waals surface area contributed by atoms with Gasteiger partial charge < -0.3 is 10.2 Å². The van der Waals surface area contributed by atoms with Crippen LogP contribution in [-0.4, -0.2) is 30.6 Å². The maximum atomic E-state index is 11.9. The van der Waals surface area contributed by atoms with E-state index in [1.165, 1.54) is 44.9 Å². The van der Waals surface area contributed by atoms with Crippen molar-refractivity contribution in [3.05, 3.63) is 0 Å². The summed E-state index contributed by atoms with van der Waals surface area (Å²) in [5.41, 5.74) is 0. The Morgan fingerprint density at radius 2 is 1.94 bits per heavy atom. The summed E-state index contributed by atoms with van der Waals surface area (Å²) in [5, 5.41) is 3.13. The number of hydrogen-bond acceptors (Lipinski definition) is 1. The first-order chi connectivity index (χ1) is 8.25. The molecule has 1 aliphatic heterocycles. The van der Waals surface area contributed by atoms with Crippen molar-refractivity contribution >= 4 is 6.03 Å². The predicted octanol–water partition coefficient (Wildman–Crippen LogP) is 3.01. The number of rotatable bonds is 2. The van der Waals surface area contributed by atoms with E-state index in [9.17, 15) is 4.79 Å². The summed E-state index contributed by atoms with van der Waals surface area (Å²) in [5.74, 6) is 1.56. The zero-order valence-corrected chi connectivity index (χ0v) is 11.1. The third kappa shape index (κ3) is 3.90. The van der Waals surface area contributed by atoms with Gasteiger partial charge in [-0.05, 0) is 43.9 Å². The van der Waals surface area contributed by atoms with E-state index in [2.05, 4.69) is 12.2 Å². The zero-order chi connectivity index (χ0) is 12.1. The average Bonchev–Trinajstić information content (AvgIpc) is 2.37. The minimum Gasteiger partial charge on any atom is -0.338 e. The minimum absolute atomic E-state index is 0.169. The summed E-state index contributed by atoms with van der Waals surface area (Å²) in [6.45, 7) is 5.12. The van der Waals surface area contributed by atoms with Gasteiger partial charge >= 0.3 is 6.03 Å². The Morgan fingerprint density at radius 3 is 2.65 bits per heavy atom. The highest BCUT2D eigenvalue weighted by Crippen LogP contribution is 2.27. The van der Waals surface area contributed by atoms with Crippen LogP contribution >= 0.6 is 0 Å². The fourth-order valence-electron chi connectivity index (χ4n) is 3.19. The summed E-state index contributed by atoms with van der Waals surface area (Å²) in [6.07, 6.45) is 8.93. The van der Waals surface area contributed by atoms with Gasteiger partial charge in [0, 0.05) is 19.6 Å². The molecule has 3 nitrogen and oxygen atoms in total. The van der Waals surface area contributed by atoms with Gasteiger partial charge in [0.1, 0.15) is 0 Å². The number of nitrogens with one attached hydrogen (secondary N) is 1. The largest absolute Gasteiger partial charge is 0.338 e. The molecule has 0 aromatic heterocycles. The zero-order valence-electron chi connectivity index (χ0n) is 11.1. The Bertz CT molecular complexity index is 249. The Kier molecular flexibility index (Phi) is 4.69. The van der Waals surface area contributed by atoms with Crippen molar-refractivity contribution in [2.24, 2.45) is 11.8 Å². The minimum atomic E-state index is 0.169. The third-order valence-electron chi connectivity index (χ3n) is 4.23. The standard InChI is InChI=1S/C14H26N2O/c1-12-6-5-7-13(10-12)11-15-14(17)16-8-3-2-4-9-16/h12-13H,2-11H2,1H3,(H,15,17). The van der Waals surface area contributed by atoms with E-state index in [0.29, 0.717) is 5.92 Å². The van der Waals surface area contributed by atoms with Crippen LogP contribution in [0.25, 0.3) is 0 Å². The van der Waals surface area contributed by atoms with E-state index >= 15 is 0 Å². The van der Waals surface area contributed by atoms with Crippen LogP contribution in [0.4, 0.5) is 4.79 Å². The first kappa shape index (κ1) is 12.7. The molecule has 98 valence electrons. The molecule has 17 heavy (non-hydrogen) atoms. The molecule has 2 rings (SSSR count). The molecule has 1 N–H and O–H groups in total. The normalized spacial score (nSPS) is 30.1. The summed E-state index contributed by atoms with van der Waals surface area (Å²) in [6, 6.07) is 0.169. The second-order valence-corrected chi connectivity index (χ2v) is 5.87. The van der Waals surface area contributed by atoms with Crippen LogP contribution in [0.1, 0.15) is 51.9 Å². The Morgan fingerprint density at radius 1 is 1.18 bits per heavy atom. The first-order valence-corrected chi connectivity index (χ1v) is 7.28. The van der Waals surface area contributed by atoms with Crippen molar-refractivity contribution < 1.29 is 4.79 Å². The monoisotopic (exact) mass is 238 g/mol. The number of urea groups is 1. The van der Waals surface area contributed by atoms with Gasteiger partial charge in [-0.15, -0.1) is 0 Å². The lowest BCUT2D eigenvalue weighted by Crippen LogP contribution is -2.44. The summed E-state index contributed by atoms with van der Waals surface area (Å²) < 4.78 is 0. The van der Waals surface area contributed by atoms with Crippen LogP contribution in [0, 0.1) is 11.8 Å². The van der Waals surface area contributed by atoms with E-state index in [-0.39, 0.29) is 6.03 Å². The van der Waals surface area contributed by atoms with Crippen molar-refractivity contribution in [1.29, 1.82) is 0 Å². The fourth-order valence-corrected chi connectivity index (χ4v) is 3.19. The van der Waals surface area contributed by atoms with Gasteiger partial charge in [-0.1, -0.05) is 19.8 Å². The molecule has 0 bridgehead atoms. The van der Waals surface area contributed by atoms with Gasteiger partial charge in [-0.2, -0.15) is 0 Å². The second-order valence-electron chi connectivity index (χ2n) is 5.87. The molecule has 2 unspecified atom stereocenters. The lowest BCUT2D eigenvalue weighted by atomic mass is 9.82. The molecule has 2 atom stereocenters. The van der Waals surface area contributed by atoms with Gasteiger partial charge in [-0.25, -0.2) is 4.79 Å². The van der Waals surface area contributed by atoms with E-state index in [1.807, 2.05) is 4.90 Å². The van der Waals surface area contributed by atoms with Crippen molar-refractivity contribution in [2.75, 3.05) is 19.6 Å². The van der Waals surface area contributed by atoms with Gasteiger partial charge in [0.2, 0.25) is 0 Å². The maximum Gasteiger partial charge on any atom is 0.317 e. The molecular formula is C14H26N2O. The number of carbonyl (C=O) groups excluding carboxylic acids is 1. The Hall–Kier alpha value is -0.730. The van der Waals surface area contributed by atoms with Crippen molar-refractivity contribution in [1.82, 2.24) is 10.2 Å². The lowest BCUT2D eigenvalue weighted by Gasteiger charge is -2.30. The summed E-state index contributed by atoms with van der Waals surface area (Å²) in [7, 11) is 0. The Labute approximate surface area is 105 Å². The van der Waals surface area contributed by atoms with Gasteiger partial charge in [0.25, 0.3) is 0 Å². The molecule has 1 saturated carbocycles. The topological polar surface area (TPSA) is 32.3 Å². The van der Waals surface area contributed by atoms with Crippen molar-refractivity contribution in [3.63, 3.8) is 0 Å². The first-order valence-electron chi connectivity index (χ1n) is 7.28. The number of piperidine rings is 1.